The molecule has 124 valence electrons. The Morgan fingerprint density at radius 1 is 1.26 bits per heavy atom. The molecular weight excluding hydrogens is 294 g/mol. The Bertz CT molecular complexity index is 570. The zero-order valence-corrected chi connectivity index (χ0v) is 13.1. The number of rotatable bonds is 7. The average molecular weight is 317 g/mol. The van der Waals surface area contributed by atoms with E-state index in [1.54, 1.807) is 12.5 Å². The van der Waals surface area contributed by atoms with Crippen LogP contribution in [0.25, 0.3) is 0 Å². The number of ether oxygens (including phenoxy) is 2. The van der Waals surface area contributed by atoms with Crippen LogP contribution in [-0.2, 0) is 10.3 Å². The maximum atomic E-state index is 11.1. The number of aromatic amines is 1. The van der Waals surface area contributed by atoms with Crippen molar-refractivity contribution in [2.75, 3.05) is 39.5 Å². The molecule has 2 aromatic rings. The summed E-state index contributed by atoms with van der Waals surface area (Å²) in [7, 11) is 0. The third kappa shape index (κ3) is 4.31. The molecule has 0 spiro atoms. The minimum Gasteiger partial charge on any atom is -0.490 e. The molecule has 2 heterocycles. The molecule has 0 bridgehead atoms. The quantitative estimate of drug-likeness (QED) is 0.808. The molecule has 1 aromatic heterocycles. The van der Waals surface area contributed by atoms with Crippen LogP contribution >= 0.6 is 0 Å². The molecule has 0 aliphatic carbocycles. The molecule has 3 rings (SSSR count). The van der Waals surface area contributed by atoms with E-state index >= 15 is 0 Å². The molecule has 1 fully saturated rings. The van der Waals surface area contributed by atoms with Crippen molar-refractivity contribution < 1.29 is 14.6 Å². The standard InChI is InChI=1S/C17H23N3O3/c21-17(16-12-18-14-19-16,6-7-20-8-10-22-11-9-20)13-23-15-4-2-1-3-5-15/h1-5,12,14,21H,6-11,13H2,(H,18,19). The molecule has 1 atom stereocenters. The van der Waals surface area contributed by atoms with Crippen LogP contribution in [0.15, 0.2) is 42.9 Å². The average Bonchev–Trinajstić information content (AvgIpc) is 3.16. The molecule has 23 heavy (non-hydrogen) atoms. The Hall–Kier alpha value is -1.89. The van der Waals surface area contributed by atoms with E-state index in [9.17, 15) is 5.11 Å². The molecule has 1 aliphatic heterocycles. The number of aliphatic hydroxyl groups is 1. The number of imidazole rings is 1. The lowest BCUT2D eigenvalue weighted by molar-refractivity contribution is -0.0360. The van der Waals surface area contributed by atoms with Crippen LogP contribution in [-0.4, -0.2) is 59.4 Å². The third-order valence-corrected chi connectivity index (χ3v) is 4.17. The third-order valence-electron chi connectivity index (χ3n) is 4.17. The Labute approximate surface area is 136 Å². The molecular formula is C17H23N3O3. The number of hydrogen-bond donors (Lipinski definition) is 2. The Kier molecular flexibility index (Phi) is 5.27. The molecule has 1 aromatic carbocycles. The van der Waals surface area contributed by atoms with Gasteiger partial charge in [-0.3, -0.25) is 4.90 Å². The molecule has 1 unspecified atom stereocenters. The number of aromatic nitrogens is 2. The van der Waals surface area contributed by atoms with Gasteiger partial charge in [-0.15, -0.1) is 0 Å². The van der Waals surface area contributed by atoms with Crippen molar-refractivity contribution in [2.45, 2.75) is 12.0 Å². The second-order valence-corrected chi connectivity index (χ2v) is 5.80. The number of nitrogens with one attached hydrogen (secondary N) is 1. The fourth-order valence-electron chi connectivity index (χ4n) is 2.68. The summed E-state index contributed by atoms with van der Waals surface area (Å²) in [5, 5.41) is 11.1. The highest BCUT2D eigenvalue weighted by Crippen LogP contribution is 2.25. The van der Waals surface area contributed by atoms with E-state index < -0.39 is 5.60 Å². The number of para-hydroxylation sites is 1. The summed E-state index contributed by atoms with van der Waals surface area (Å²) < 4.78 is 11.2. The van der Waals surface area contributed by atoms with Gasteiger partial charge in [0.1, 0.15) is 18.0 Å². The highest BCUT2D eigenvalue weighted by Gasteiger charge is 2.32. The summed E-state index contributed by atoms with van der Waals surface area (Å²) in [5.74, 6) is 0.747. The van der Waals surface area contributed by atoms with Crippen molar-refractivity contribution in [3.8, 4) is 5.75 Å². The predicted molar refractivity (Wildman–Crippen MR) is 86.3 cm³/mol. The molecule has 0 saturated carbocycles. The Morgan fingerprint density at radius 3 is 2.74 bits per heavy atom. The number of hydrogen-bond acceptors (Lipinski definition) is 5. The summed E-state index contributed by atoms with van der Waals surface area (Å²) in [6.07, 6.45) is 3.81. The van der Waals surface area contributed by atoms with Crippen molar-refractivity contribution in [3.63, 3.8) is 0 Å². The fourth-order valence-corrected chi connectivity index (χ4v) is 2.68. The normalized spacial score (nSPS) is 18.5. The Morgan fingerprint density at radius 2 is 2.04 bits per heavy atom. The lowest BCUT2D eigenvalue weighted by atomic mass is 9.96. The number of nitrogens with zero attached hydrogens (tertiary/aromatic N) is 2. The van der Waals surface area contributed by atoms with Crippen molar-refractivity contribution in [2.24, 2.45) is 0 Å². The van der Waals surface area contributed by atoms with Gasteiger partial charge in [0, 0.05) is 19.6 Å². The first-order valence-electron chi connectivity index (χ1n) is 7.95. The van der Waals surface area contributed by atoms with Crippen molar-refractivity contribution in [3.05, 3.63) is 48.5 Å². The van der Waals surface area contributed by atoms with Crippen LogP contribution in [0.4, 0.5) is 0 Å². The van der Waals surface area contributed by atoms with Crippen LogP contribution < -0.4 is 4.74 Å². The van der Waals surface area contributed by atoms with Gasteiger partial charge in [-0.2, -0.15) is 0 Å². The maximum absolute atomic E-state index is 11.1. The highest BCUT2D eigenvalue weighted by atomic mass is 16.5. The molecule has 0 radical (unpaired) electrons. The first kappa shape index (κ1) is 16.0. The summed E-state index contributed by atoms with van der Waals surface area (Å²) >= 11 is 0. The van der Waals surface area contributed by atoms with E-state index in [1.807, 2.05) is 30.3 Å². The van der Waals surface area contributed by atoms with Gasteiger partial charge in [0.25, 0.3) is 0 Å². The summed E-state index contributed by atoms with van der Waals surface area (Å²) in [6.45, 7) is 4.28. The highest BCUT2D eigenvalue weighted by molar-refractivity contribution is 5.21. The minimum absolute atomic E-state index is 0.184. The second kappa shape index (κ2) is 7.59. The van der Waals surface area contributed by atoms with E-state index in [-0.39, 0.29) is 6.61 Å². The van der Waals surface area contributed by atoms with E-state index in [0.717, 1.165) is 38.6 Å². The maximum Gasteiger partial charge on any atom is 0.141 e. The van der Waals surface area contributed by atoms with E-state index in [4.69, 9.17) is 9.47 Å². The van der Waals surface area contributed by atoms with Crippen LogP contribution in [0.5, 0.6) is 5.75 Å². The minimum atomic E-state index is -1.09. The number of morpholine rings is 1. The molecule has 0 amide bonds. The molecule has 1 aliphatic rings. The summed E-state index contributed by atoms with van der Waals surface area (Å²) in [6, 6.07) is 9.54. The zero-order chi connectivity index (χ0) is 16.0. The molecule has 6 nitrogen and oxygen atoms in total. The van der Waals surface area contributed by atoms with Crippen LogP contribution in [0.1, 0.15) is 12.1 Å². The van der Waals surface area contributed by atoms with E-state index in [1.165, 1.54) is 0 Å². The SMILES string of the molecule is OC(CCN1CCOCC1)(COc1ccccc1)c1cnc[nH]1. The van der Waals surface area contributed by atoms with Gasteiger partial charge in [0.05, 0.1) is 31.4 Å². The van der Waals surface area contributed by atoms with Crippen molar-refractivity contribution >= 4 is 0 Å². The largest absolute Gasteiger partial charge is 0.490 e. The monoisotopic (exact) mass is 317 g/mol. The lowest BCUT2D eigenvalue weighted by Crippen LogP contribution is -2.42. The van der Waals surface area contributed by atoms with E-state index in [0.29, 0.717) is 12.1 Å². The second-order valence-electron chi connectivity index (χ2n) is 5.80. The van der Waals surface area contributed by atoms with Crippen LogP contribution in [0.2, 0.25) is 0 Å². The molecule has 6 heteroatoms. The van der Waals surface area contributed by atoms with Gasteiger partial charge in [0.2, 0.25) is 0 Å². The van der Waals surface area contributed by atoms with Crippen LogP contribution in [0.3, 0.4) is 0 Å². The first-order chi connectivity index (χ1) is 11.3. The number of H-pyrrole nitrogens is 1. The van der Waals surface area contributed by atoms with Gasteiger partial charge in [-0.05, 0) is 18.6 Å². The van der Waals surface area contributed by atoms with Crippen molar-refractivity contribution in [1.82, 2.24) is 14.9 Å². The van der Waals surface area contributed by atoms with Crippen molar-refractivity contribution in [1.29, 1.82) is 0 Å². The smallest absolute Gasteiger partial charge is 0.141 e. The van der Waals surface area contributed by atoms with Gasteiger partial charge < -0.3 is 19.6 Å². The van der Waals surface area contributed by atoms with Gasteiger partial charge in [-0.1, -0.05) is 18.2 Å². The van der Waals surface area contributed by atoms with Crippen LogP contribution in [0, 0.1) is 0 Å². The first-order valence-corrected chi connectivity index (χ1v) is 7.95. The van der Waals surface area contributed by atoms with Gasteiger partial charge in [-0.25, -0.2) is 4.98 Å². The molecule has 2 N–H and O–H groups in total. The van der Waals surface area contributed by atoms with E-state index in [2.05, 4.69) is 14.9 Å². The topological polar surface area (TPSA) is 70.6 Å². The number of benzene rings is 1. The lowest BCUT2D eigenvalue weighted by Gasteiger charge is -2.32. The summed E-state index contributed by atoms with van der Waals surface area (Å²) in [5.41, 5.74) is -0.410. The van der Waals surface area contributed by atoms with Gasteiger partial charge in [0.15, 0.2) is 0 Å². The summed E-state index contributed by atoms with van der Waals surface area (Å²) in [4.78, 5) is 9.35. The Balaban J connectivity index is 1.64. The zero-order valence-electron chi connectivity index (χ0n) is 13.1. The fraction of sp³-hybridized carbons (Fsp3) is 0.471. The predicted octanol–water partition coefficient (Wildman–Crippen LogP) is 1.40. The molecule has 1 saturated heterocycles. The van der Waals surface area contributed by atoms with Gasteiger partial charge >= 0.3 is 0 Å².